The molecule has 2 aromatic rings. The Morgan fingerprint density at radius 2 is 2.10 bits per heavy atom. The molecule has 0 amide bonds. The summed E-state index contributed by atoms with van der Waals surface area (Å²) in [6.07, 6.45) is 0. The number of aryl methyl sites for hydroxylation is 1. The van der Waals surface area contributed by atoms with Crippen LogP contribution in [-0.2, 0) is 0 Å². The van der Waals surface area contributed by atoms with Crippen molar-refractivity contribution in [3.8, 4) is 11.4 Å². The predicted octanol–water partition coefficient (Wildman–Crippen LogP) is 2.41. The van der Waals surface area contributed by atoms with Gasteiger partial charge in [0.1, 0.15) is 11.6 Å². The van der Waals surface area contributed by atoms with E-state index in [4.69, 9.17) is 9.84 Å². The Balaban J connectivity index is 2.56. The van der Waals surface area contributed by atoms with E-state index in [9.17, 15) is 4.79 Å². The lowest BCUT2D eigenvalue weighted by Crippen LogP contribution is -2.05. The molecule has 0 aliphatic heterocycles. The zero-order valence-electron chi connectivity index (χ0n) is 11.9. The second-order valence-corrected chi connectivity index (χ2v) is 4.82. The maximum absolute atomic E-state index is 11.0. The molecule has 0 atom stereocenters. The Hall–Kier alpha value is -2.37. The molecule has 1 N–H and O–H groups in total. The lowest BCUT2D eigenvalue weighted by atomic mass is 10.1. The lowest BCUT2D eigenvalue weighted by molar-refractivity contribution is 0.0683. The van der Waals surface area contributed by atoms with E-state index in [-0.39, 0.29) is 11.7 Å². The van der Waals surface area contributed by atoms with Crippen LogP contribution < -0.4 is 4.74 Å². The van der Waals surface area contributed by atoms with Crippen LogP contribution >= 0.6 is 0 Å². The van der Waals surface area contributed by atoms with E-state index in [1.165, 1.54) is 0 Å². The normalized spacial score (nSPS) is 10.8. The van der Waals surface area contributed by atoms with E-state index >= 15 is 0 Å². The van der Waals surface area contributed by atoms with Crippen molar-refractivity contribution < 1.29 is 14.6 Å². The van der Waals surface area contributed by atoms with E-state index in [0.29, 0.717) is 5.82 Å². The number of carbonyl (C=O) groups is 1. The predicted molar refractivity (Wildman–Crippen MR) is 73.7 cm³/mol. The van der Waals surface area contributed by atoms with E-state index in [0.717, 1.165) is 17.0 Å². The van der Waals surface area contributed by atoms with Crippen molar-refractivity contribution in [2.24, 2.45) is 0 Å². The van der Waals surface area contributed by atoms with Gasteiger partial charge in [-0.3, -0.25) is 0 Å². The molecular weight excluding hydrogens is 258 g/mol. The number of rotatable bonds is 4. The van der Waals surface area contributed by atoms with Gasteiger partial charge in [0.2, 0.25) is 0 Å². The molecule has 2 rings (SSSR count). The van der Waals surface area contributed by atoms with Gasteiger partial charge in [0.15, 0.2) is 0 Å². The minimum Gasteiger partial charge on any atom is -0.496 e. The smallest absolute Gasteiger partial charge is 0.375 e. The first-order chi connectivity index (χ1) is 9.43. The van der Waals surface area contributed by atoms with Gasteiger partial charge in [0.05, 0.1) is 12.8 Å². The number of methoxy groups -OCH3 is 1. The van der Waals surface area contributed by atoms with Gasteiger partial charge in [-0.15, -0.1) is 5.10 Å². The highest BCUT2D eigenvalue weighted by molar-refractivity contribution is 5.83. The molecule has 106 valence electrons. The lowest BCUT2D eigenvalue weighted by Gasteiger charge is -2.10. The summed E-state index contributed by atoms with van der Waals surface area (Å²) >= 11 is 0. The van der Waals surface area contributed by atoms with Crippen LogP contribution in [0, 0.1) is 6.92 Å². The molecule has 0 aliphatic rings. The molecule has 0 unspecified atom stereocenters. The number of nitrogens with zero attached hydrogens (tertiary/aromatic N) is 3. The van der Waals surface area contributed by atoms with Crippen molar-refractivity contribution in [3.05, 3.63) is 35.4 Å². The Kier molecular flexibility index (Phi) is 3.74. The van der Waals surface area contributed by atoms with Crippen molar-refractivity contribution in [3.63, 3.8) is 0 Å². The number of aromatic carboxylic acids is 1. The topological polar surface area (TPSA) is 77.2 Å². The van der Waals surface area contributed by atoms with E-state index in [2.05, 4.69) is 10.1 Å². The summed E-state index contributed by atoms with van der Waals surface area (Å²) in [5.74, 6) is 0.140. The van der Waals surface area contributed by atoms with Gasteiger partial charge in [-0.1, -0.05) is 13.8 Å². The van der Waals surface area contributed by atoms with Crippen LogP contribution in [0.4, 0.5) is 0 Å². The number of benzene rings is 1. The number of aromatic nitrogens is 3. The molecule has 0 saturated carbocycles. The van der Waals surface area contributed by atoms with Gasteiger partial charge < -0.3 is 9.84 Å². The molecule has 20 heavy (non-hydrogen) atoms. The highest BCUT2D eigenvalue weighted by Crippen LogP contribution is 2.23. The Bertz CT molecular complexity index is 647. The number of hydrogen-bond donors (Lipinski definition) is 1. The highest BCUT2D eigenvalue weighted by Gasteiger charge is 2.19. The van der Waals surface area contributed by atoms with Crippen LogP contribution in [0.2, 0.25) is 0 Å². The molecule has 1 aromatic carbocycles. The molecule has 1 heterocycles. The summed E-state index contributed by atoms with van der Waals surface area (Å²) in [6.45, 7) is 5.82. The fourth-order valence-electron chi connectivity index (χ4n) is 1.97. The van der Waals surface area contributed by atoms with Crippen LogP contribution in [0.5, 0.6) is 5.75 Å². The number of hydrogen-bond acceptors (Lipinski definition) is 4. The second kappa shape index (κ2) is 5.32. The summed E-state index contributed by atoms with van der Waals surface area (Å²) in [5, 5.41) is 13.1. The second-order valence-electron chi connectivity index (χ2n) is 4.82. The zero-order valence-corrected chi connectivity index (χ0v) is 11.9. The third-order valence-electron chi connectivity index (χ3n) is 2.96. The molecule has 0 saturated heterocycles. The summed E-state index contributed by atoms with van der Waals surface area (Å²) in [4.78, 5) is 15.1. The van der Waals surface area contributed by atoms with Gasteiger partial charge >= 0.3 is 5.97 Å². The first kappa shape index (κ1) is 14.0. The Labute approximate surface area is 117 Å². The van der Waals surface area contributed by atoms with Gasteiger partial charge in [-0.25, -0.2) is 14.5 Å². The standard InChI is InChI=1S/C14H17N3O3/c1-8(2)13-15-12(14(18)19)16-17(13)10-5-6-11(20-4)9(3)7-10/h5-8H,1-4H3,(H,18,19). The number of carboxylic acid groups (broad SMARTS) is 1. The molecule has 0 aliphatic carbocycles. The van der Waals surface area contributed by atoms with Crippen LogP contribution in [-0.4, -0.2) is 33.0 Å². The molecule has 0 fully saturated rings. The third kappa shape index (κ3) is 2.49. The molecule has 0 spiro atoms. The van der Waals surface area contributed by atoms with Gasteiger partial charge in [0, 0.05) is 5.92 Å². The first-order valence-corrected chi connectivity index (χ1v) is 6.29. The van der Waals surface area contributed by atoms with Gasteiger partial charge in [-0.2, -0.15) is 0 Å². The number of ether oxygens (including phenoxy) is 1. The minimum atomic E-state index is -1.13. The van der Waals surface area contributed by atoms with Crippen LogP contribution in [0.3, 0.4) is 0 Å². The summed E-state index contributed by atoms with van der Waals surface area (Å²) in [6, 6.07) is 5.56. The maximum atomic E-state index is 11.0. The van der Waals surface area contributed by atoms with Crippen LogP contribution in [0.1, 0.15) is 41.8 Å². The van der Waals surface area contributed by atoms with Crippen molar-refractivity contribution in [2.75, 3.05) is 7.11 Å². The highest BCUT2D eigenvalue weighted by atomic mass is 16.5. The largest absolute Gasteiger partial charge is 0.496 e. The fraction of sp³-hybridized carbons (Fsp3) is 0.357. The summed E-state index contributed by atoms with van der Waals surface area (Å²) in [7, 11) is 1.61. The molecule has 6 heteroatoms. The summed E-state index contributed by atoms with van der Waals surface area (Å²) in [5.41, 5.74) is 1.72. The SMILES string of the molecule is COc1ccc(-n2nc(C(=O)O)nc2C(C)C)cc1C. The monoisotopic (exact) mass is 275 g/mol. The maximum Gasteiger partial charge on any atom is 0.375 e. The molecule has 1 aromatic heterocycles. The fourth-order valence-corrected chi connectivity index (χ4v) is 1.97. The molecule has 6 nitrogen and oxygen atoms in total. The van der Waals surface area contributed by atoms with Gasteiger partial charge in [0.25, 0.3) is 5.82 Å². The van der Waals surface area contributed by atoms with E-state index in [1.54, 1.807) is 11.8 Å². The van der Waals surface area contributed by atoms with Crippen molar-refractivity contribution in [1.29, 1.82) is 0 Å². The zero-order chi connectivity index (χ0) is 14.9. The average Bonchev–Trinajstić information content (AvgIpc) is 2.84. The van der Waals surface area contributed by atoms with Crippen molar-refractivity contribution in [1.82, 2.24) is 14.8 Å². The quantitative estimate of drug-likeness (QED) is 0.927. The third-order valence-corrected chi connectivity index (χ3v) is 2.96. The first-order valence-electron chi connectivity index (χ1n) is 6.29. The average molecular weight is 275 g/mol. The molecular formula is C14H17N3O3. The van der Waals surface area contributed by atoms with Crippen LogP contribution in [0.15, 0.2) is 18.2 Å². The number of carboxylic acids is 1. The van der Waals surface area contributed by atoms with E-state index in [1.807, 2.05) is 39.0 Å². The van der Waals surface area contributed by atoms with E-state index < -0.39 is 5.97 Å². The van der Waals surface area contributed by atoms with Crippen molar-refractivity contribution >= 4 is 5.97 Å². The van der Waals surface area contributed by atoms with Crippen LogP contribution in [0.25, 0.3) is 5.69 Å². The Morgan fingerprint density at radius 1 is 1.40 bits per heavy atom. The Morgan fingerprint density at radius 3 is 2.60 bits per heavy atom. The molecule has 0 bridgehead atoms. The van der Waals surface area contributed by atoms with Gasteiger partial charge in [-0.05, 0) is 30.7 Å². The minimum absolute atomic E-state index is 0.0676. The van der Waals surface area contributed by atoms with Crippen molar-refractivity contribution in [2.45, 2.75) is 26.7 Å². The summed E-state index contributed by atoms with van der Waals surface area (Å²) < 4.78 is 6.79. The molecule has 0 radical (unpaired) electrons.